The van der Waals surface area contributed by atoms with Crippen LogP contribution in [0.1, 0.15) is 17.1 Å². The lowest BCUT2D eigenvalue weighted by Crippen LogP contribution is -2.55. The Morgan fingerprint density at radius 3 is 2.70 bits per heavy atom. The van der Waals surface area contributed by atoms with Crippen LogP contribution in [0.4, 0.5) is 29.5 Å². The molecule has 7 nitrogen and oxygen atoms in total. The number of nitrogens with zero attached hydrogens (tertiary/aromatic N) is 4. The summed E-state index contributed by atoms with van der Waals surface area (Å²) in [6.45, 7) is 2.93. The maximum Gasteiger partial charge on any atom is 0.443 e. The van der Waals surface area contributed by atoms with Crippen molar-refractivity contribution in [1.82, 2.24) is 14.8 Å². The summed E-state index contributed by atoms with van der Waals surface area (Å²) in [7, 11) is 1.63. The molecule has 13 heteroatoms. The highest BCUT2D eigenvalue weighted by Crippen LogP contribution is 2.42. The SMILES string of the molecule is COCCC1CN(C2=Nc3ccccc3Nc3sc(C(F)(F)F)nc32)CCN1CCO.Cl.Cl. The number of amidine groups is 1. The number of aromatic nitrogens is 1. The minimum Gasteiger partial charge on any atom is -0.395 e. The van der Waals surface area contributed by atoms with E-state index >= 15 is 0 Å². The third kappa shape index (κ3) is 6.09. The zero-order chi connectivity index (χ0) is 22.0. The number of fused-ring (bicyclic) bond motifs is 2. The highest BCUT2D eigenvalue weighted by atomic mass is 35.5. The van der Waals surface area contributed by atoms with Crippen LogP contribution in [0.2, 0.25) is 0 Å². The van der Waals surface area contributed by atoms with Crippen molar-refractivity contribution in [3.05, 3.63) is 35.0 Å². The molecule has 33 heavy (non-hydrogen) atoms. The van der Waals surface area contributed by atoms with E-state index in [4.69, 9.17) is 9.73 Å². The summed E-state index contributed by atoms with van der Waals surface area (Å²) in [5.41, 5.74) is 1.52. The molecule has 2 aliphatic heterocycles. The molecule has 1 unspecified atom stereocenters. The van der Waals surface area contributed by atoms with Gasteiger partial charge in [-0.25, -0.2) is 9.98 Å². The van der Waals surface area contributed by atoms with Crippen LogP contribution in [0.25, 0.3) is 0 Å². The van der Waals surface area contributed by atoms with Crippen molar-refractivity contribution in [1.29, 1.82) is 0 Å². The van der Waals surface area contributed by atoms with Crippen LogP contribution >= 0.6 is 36.2 Å². The van der Waals surface area contributed by atoms with E-state index < -0.39 is 11.2 Å². The van der Waals surface area contributed by atoms with Crippen molar-refractivity contribution in [3.63, 3.8) is 0 Å². The molecule has 2 aromatic rings. The Hall–Kier alpha value is -1.63. The Bertz CT molecular complexity index is 960. The lowest BCUT2D eigenvalue weighted by Gasteiger charge is -2.42. The van der Waals surface area contributed by atoms with Crippen molar-refractivity contribution in [2.75, 3.05) is 51.8 Å². The third-order valence-electron chi connectivity index (χ3n) is 5.41. The van der Waals surface area contributed by atoms with Gasteiger partial charge in [-0.3, -0.25) is 4.90 Å². The molecule has 2 aliphatic rings. The van der Waals surface area contributed by atoms with Gasteiger partial charge in [0.1, 0.15) is 10.7 Å². The predicted octanol–water partition coefficient (Wildman–Crippen LogP) is 4.16. The number of benzene rings is 1. The molecule has 1 aromatic heterocycles. The van der Waals surface area contributed by atoms with E-state index in [1.807, 2.05) is 23.1 Å². The number of β-amino-alcohol motifs (C(OH)–C–C–N with tert-alkyl or cyclic N) is 1. The standard InChI is InChI=1S/C20H24F3N5O2S.2ClH/c1-30-11-6-13-12-28(8-7-27(13)9-10-29)17-16-18(31-19(26-16)20(21,22)23)25-15-5-3-2-4-14(15)24-17;;/h2-5,13,25,29H,6-12H2,1H3;2*1H. The average Bonchev–Trinajstić information content (AvgIpc) is 3.10. The van der Waals surface area contributed by atoms with E-state index in [0.29, 0.717) is 66.3 Å². The van der Waals surface area contributed by atoms with E-state index in [1.165, 1.54) is 0 Å². The van der Waals surface area contributed by atoms with Gasteiger partial charge >= 0.3 is 6.18 Å². The van der Waals surface area contributed by atoms with Gasteiger partial charge < -0.3 is 20.1 Å². The molecule has 0 radical (unpaired) electrons. The Morgan fingerprint density at radius 1 is 1.24 bits per heavy atom. The van der Waals surface area contributed by atoms with Gasteiger partial charge in [0.15, 0.2) is 5.84 Å². The van der Waals surface area contributed by atoms with Crippen LogP contribution in [0.3, 0.4) is 0 Å². The number of hydrogen-bond acceptors (Lipinski definition) is 8. The van der Waals surface area contributed by atoms with Crippen LogP contribution in [-0.2, 0) is 10.9 Å². The summed E-state index contributed by atoms with van der Waals surface area (Å²) in [5, 5.41) is 11.9. The van der Waals surface area contributed by atoms with Crippen molar-refractivity contribution in [2.24, 2.45) is 4.99 Å². The van der Waals surface area contributed by atoms with Crippen LogP contribution in [0, 0.1) is 0 Å². The molecule has 4 rings (SSSR count). The van der Waals surface area contributed by atoms with E-state index in [2.05, 4.69) is 15.2 Å². The maximum absolute atomic E-state index is 13.4. The second-order valence-corrected chi connectivity index (χ2v) is 8.41. The van der Waals surface area contributed by atoms with Crippen molar-refractivity contribution in [2.45, 2.75) is 18.6 Å². The lowest BCUT2D eigenvalue weighted by atomic mass is 10.1. The van der Waals surface area contributed by atoms with Crippen LogP contribution in [0.5, 0.6) is 0 Å². The van der Waals surface area contributed by atoms with E-state index in [1.54, 1.807) is 13.2 Å². The molecule has 0 aliphatic carbocycles. The molecule has 0 bridgehead atoms. The lowest BCUT2D eigenvalue weighted by molar-refractivity contribution is -0.137. The van der Waals surface area contributed by atoms with E-state index in [-0.39, 0.29) is 43.2 Å². The molecule has 1 saturated heterocycles. The summed E-state index contributed by atoms with van der Waals surface area (Å²) in [4.78, 5) is 12.9. The molecule has 2 N–H and O–H groups in total. The second kappa shape index (κ2) is 11.7. The van der Waals surface area contributed by atoms with E-state index in [0.717, 1.165) is 6.42 Å². The molecule has 0 saturated carbocycles. The molecular formula is C20H26Cl2F3N5O2S. The number of nitrogens with one attached hydrogen (secondary N) is 1. The average molecular weight is 528 g/mol. The number of alkyl halides is 3. The van der Waals surface area contributed by atoms with E-state index in [9.17, 15) is 18.3 Å². The van der Waals surface area contributed by atoms with Gasteiger partial charge in [0, 0.05) is 45.9 Å². The van der Waals surface area contributed by atoms with Gasteiger partial charge in [0.25, 0.3) is 0 Å². The monoisotopic (exact) mass is 527 g/mol. The number of anilines is 2. The van der Waals surface area contributed by atoms with Crippen molar-refractivity contribution >= 4 is 58.4 Å². The number of rotatable bonds is 5. The maximum atomic E-state index is 13.4. The highest BCUT2D eigenvalue weighted by Gasteiger charge is 2.39. The fourth-order valence-corrected chi connectivity index (χ4v) is 4.74. The van der Waals surface area contributed by atoms with Crippen molar-refractivity contribution < 1.29 is 23.0 Å². The van der Waals surface area contributed by atoms with Gasteiger partial charge in [0.05, 0.1) is 18.0 Å². The number of piperazine rings is 1. The molecule has 0 amide bonds. The molecule has 184 valence electrons. The molecule has 1 fully saturated rings. The van der Waals surface area contributed by atoms with Gasteiger partial charge in [0.2, 0.25) is 5.01 Å². The first kappa shape index (κ1) is 27.6. The molecule has 1 aromatic carbocycles. The normalized spacial score (nSPS) is 18.2. The first-order valence-corrected chi connectivity index (χ1v) is 10.8. The zero-order valence-corrected chi connectivity index (χ0v) is 20.3. The number of halogens is 5. The smallest absolute Gasteiger partial charge is 0.395 e. The van der Waals surface area contributed by atoms with Gasteiger partial charge in [-0.1, -0.05) is 23.5 Å². The Kier molecular flexibility index (Phi) is 9.77. The quantitative estimate of drug-likeness (QED) is 0.608. The first-order valence-electron chi connectivity index (χ1n) is 10.0. The number of aliphatic hydroxyl groups is 1. The number of aliphatic hydroxyl groups excluding tert-OH is 1. The fraction of sp³-hybridized carbons (Fsp3) is 0.500. The Morgan fingerprint density at radius 2 is 2.00 bits per heavy atom. The van der Waals surface area contributed by atoms with Crippen LogP contribution in [0.15, 0.2) is 29.3 Å². The predicted molar refractivity (Wildman–Crippen MR) is 128 cm³/mol. The minimum absolute atomic E-state index is 0. The third-order valence-corrected chi connectivity index (χ3v) is 6.42. The summed E-state index contributed by atoms with van der Waals surface area (Å²) in [6.07, 6.45) is -3.78. The number of para-hydroxylation sites is 2. The van der Waals surface area contributed by atoms with Gasteiger partial charge in [-0.2, -0.15) is 13.2 Å². The van der Waals surface area contributed by atoms with Crippen molar-refractivity contribution in [3.8, 4) is 0 Å². The summed E-state index contributed by atoms with van der Waals surface area (Å²) >= 11 is 0.592. The second-order valence-electron chi connectivity index (χ2n) is 7.41. The van der Waals surface area contributed by atoms with Gasteiger partial charge in [-0.15, -0.1) is 24.8 Å². The minimum atomic E-state index is -4.52. The summed E-state index contributed by atoms with van der Waals surface area (Å²) in [6, 6.07) is 7.36. The number of ether oxygens (including phenoxy) is 1. The highest BCUT2D eigenvalue weighted by molar-refractivity contribution is 7.16. The molecule has 0 spiro atoms. The zero-order valence-electron chi connectivity index (χ0n) is 17.8. The number of hydrogen-bond donors (Lipinski definition) is 2. The fourth-order valence-electron chi connectivity index (χ4n) is 3.90. The Balaban J connectivity index is 0.00000193. The molecular weight excluding hydrogens is 502 g/mol. The summed E-state index contributed by atoms with van der Waals surface area (Å²) in [5.74, 6) is 0.435. The molecule has 1 atom stereocenters. The molecule has 3 heterocycles. The Labute approximate surface area is 206 Å². The van der Waals surface area contributed by atoms with Crippen LogP contribution < -0.4 is 5.32 Å². The largest absolute Gasteiger partial charge is 0.443 e. The first-order chi connectivity index (χ1) is 14.9. The topological polar surface area (TPSA) is 73.2 Å². The van der Waals surface area contributed by atoms with Crippen LogP contribution in [-0.4, -0.2) is 78.3 Å². The number of thiazole rings is 1. The number of aliphatic imine (C=N–C) groups is 1. The number of methoxy groups -OCH3 is 1. The summed E-state index contributed by atoms with van der Waals surface area (Å²) < 4.78 is 45.4. The van der Waals surface area contributed by atoms with Gasteiger partial charge in [-0.05, 0) is 18.6 Å².